The van der Waals surface area contributed by atoms with Crippen LogP contribution in [0.4, 0.5) is 10.1 Å². The van der Waals surface area contributed by atoms with E-state index in [9.17, 15) is 23.9 Å². The quantitative estimate of drug-likeness (QED) is 0.316. The maximum absolute atomic E-state index is 14.4. The van der Waals surface area contributed by atoms with Gasteiger partial charge in [0.25, 0.3) is 11.8 Å². The van der Waals surface area contributed by atoms with Crippen molar-refractivity contribution in [3.05, 3.63) is 87.5 Å². The second kappa shape index (κ2) is 8.85. The Bertz CT molecular complexity index is 1430. The first-order valence-electron chi connectivity index (χ1n) is 9.98. The van der Waals surface area contributed by atoms with Gasteiger partial charge in [-0.25, -0.2) is 14.1 Å². The van der Waals surface area contributed by atoms with Crippen LogP contribution >= 0.6 is 23.8 Å². The zero-order chi connectivity index (χ0) is 24.7. The van der Waals surface area contributed by atoms with E-state index in [1.807, 2.05) is 0 Å². The van der Waals surface area contributed by atoms with Gasteiger partial charge in [0, 0.05) is 17.1 Å². The van der Waals surface area contributed by atoms with Crippen molar-refractivity contribution in [3.63, 3.8) is 0 Å². The fraction of sp³-hybridized carbons (Fsp3) is 0.0833. The van der Waals surface area contributed by atoms with Crippen molar-refractivity contribution >= 4 is 58.5 Å². The smallest absolute Gasteiger partial charge is 0.337 e. The Kier molecular flexibility index (Phi) is 6.07. The van der Waals surface area contributed by atoms with Gasteiger partial charge in [-0.1, -0.05) is 23.7 Å². The SMILES string of the molecule is Cc1cc(/C=C2/C(=O)NC(=S)N(c3ccccc3F)C2=O)c(C)n1-c1ccc(Cl)c(C(=O)O)c1. The maximum Gasteiger partial charge on any atom is 0.337 e. The summed E-state index contributed by atoms with van der Waals surface area (Å²) in [4.78, 5) is 38.2. The molecule has 0 atom stereocenters. The van der Waals surface area contributed by atoms with E-state index in [1.54, 1.807) is 36.6 Å². The molecular formula is C24H17ClFN3O4S. The molecule has 2 amide bonds. The first-order chi connectivity index (χ1) is 16.1. The van der Waals surface area contributed by atoms with E-state index in [2.05, 4.69) is 5.32 Å². The number of carbonyl (C=O) groups is 3. The summed E-state index contributed by atoms with van der Waals surface area (Å²) in [5, 5.41) is 11.7. The third-order valence-electron chi connectivity index (χ3n) is 5.40. The highest BCUT2D eigenvalue weighted by atomic mass is 35.5. The van der Waals surface area contributed by atoms with Gasteiger partial charge in [0.1, 0.15) is 11.4 Å². The number of nitrogens with one attached hydrogen (secondary N) is 1. The molecule has 0 radical (unpaired) electrons. The van der Waals surface area contributed by atoms with Gasteiger partial charge in [0.05, 0.1) is 16.3 Å². The molecule has 0 spiro atoms. The number of carbonyl (C=O) groups excluding carboxylic acids is 2. The molecular weight excluding hydrogens is 481 g/mol. The normalized spacial score (nSPS) is 15.1. The molecule has 0 bridgehead atoms. The lowest BCUT2D eigenvalue weighted by molar-refractivity contribution is -0.122. The largest absolute Gasteiger partial charge is 0.478 e. The molecule has 34 heavy (non-hydrogen) atoms. The monoisotopic (exact) mass is 497 g/mol. The fourth-order valence-corrected chi connectivity index (χ4v) is 4.28. The van der Waals surface area contributed by atoms with Gasteiger partial charge in [0.2, 0.25) is 0 Å². The lowest BCUT2D eigenvalue weighted by Crippen LogP contribution is -2.54. The highest BCUT2D eigenvalue weighted by Crippen LogP contribution is 2.28. The summed E-state index contributed by atoms with van der Waals surface area (Å²) in [6.07, 6.45) is 1.40. The van der Waals surface area contributed by atoms with Crippen LogP contribution in [0.5, 0.6) is 0 Å². The zero-order valence-electron chi connectivity index (χ0n) is 17.9. The number of hydrogen-bond acceptors (Lipinski definition) is 4. The summed E-state index contributed by atoms with van der Waals surface area (Å²) in [6, 6.07) is 12.0. The second-order valence-corrected chi connectivity index (χ2v) is 8.33. The van der Waals surface area contributed by atoms with Crippen molar-refractivity contribution in [1.29, 1.82) is 0 Å². The third kappa shape index (κ3) is 4.00. The molecule has 7 nitrogen and oxygen atoms in total. The lowest BCUT2D eigenvalue weighted by atomic mass is 10.1. The predicted octanol–water partition coefficient (Wildman–Crippen LogP) is 4.42. The van der Waals surface area contributed by atoms with Crippen molar-refractivity contribution in [2.24, 2.45) is 0 Å². The van der Waals surface area contributed by atoms with Gasteiger partial charge in [-0.05, 0) is 74.1 Å². The molecule has 0 aliphatic carbocycles. The lowest BCUT2D eigenvalue weighted by Gasteiger charge is -2.29. The number of hydrogen-bond donors (Lipinski definition) is 2. The van der Waals surface area contributed by atoms with E-state index in [1.165, 1.54) is 36.4 Å². The van der Waals surface area contributed by atoms with Crippen LogP contribution in [-0.2, 0) is 9.59 Å². The summed E-state index contributed by atoms with van der Waals surface area (Å²) in [5.74, 6) is -3.29. The Labute approximate surface area is 204 Å². The molecule has 1 aliphatic heterocycles. The number of amides is 2. The number of halogens is 2. The molecule has 2 heterocycles. The van der Waals surface area contributed by atoms with Crippen molar-refractivity contribution in [1.82, 2.24) is 9.88 Å². The van der Waals surface area contributed by atoms with Crippen LogP contribution in [0.3, 0.4) is 0 Å². The average molecular weight is 498 g/mol. The number of aryl methyl sites for hydroxylation is 1. The number of para-hydroxylation sites is 1. The second-order valence-electron chi connectivity index (χ2n) is 7.54. The van der Waals surface area contributed by atoms with Gasteiger partial charge in [-0.15, -0.1) is 0 Å². The molecule has 1 saturated heterocycles. The highest BCUT2D eigenvalue weighted by Gasteiger charge is 2.36. The molecule has 2 aromatic carbocycles. The standard InChI is InChI=1S/C24H17ClFN3O4S/c1-12-9-14(13(2)28(12)15-7-8-18(25)16(11-15)23(32)33)10-17-21(30)27-24(34)29(22(17)31)20-6-4-3-5-19(20)26/h3-11H,1-2H3,(H,32,33)(H,27,30,34)/b17-10-. The minimum atomic E-state index is -1.16. The van der Waals surface area contributed by atoms with Crippen LogP contribution in [-0.4, -0.2) is 32.6 Å². The molecule has 4 rings (SSSR count). The number of aromatic nitrogens is 1. The van der Waals surface area contributed by atoms with E-state index < -0.39 is 23.6 Å². The number of carboxylic acid groups (broad SMARTS) is 1. The van der Waals surface area contributed by atoms with E-state index >= 15 is 0 Å². The van der Waals surface area contributed by atoms with Crippen LogP contribution in [0.2, 0.25) is 5.02 Å². The fourth-order valence-electron chi connectivity index (χ4n) is 3.81. The predicted molar refractivity (Wildman–Crippen MR) is 130 cm³/mol. The molecule has 1 fully saturated rings. The highest BCUT2D eigenvalue weighted by molar-refractivity contribution is 7.80. The minimum absolute atomic E-state index is 0.0533. The van der Waals surface area contributed by atoms with Gasteiger partial charge >= 0.3 is 5.97 Å². The number of benzene rings is 2. The van der Waals surface area contributed by atoms with E-state index in [4.69, 9.17) is 23.8 Å². The number of thiocarbonyl (C=S) groups is 1. The Morgan fingerprint density at radius 2 is 1.85 bits per heavy atom. The molecule has 0 saturated carbocycles. The molecule has 3 aromatic rings. The molecule has 2 N–H and O–H groups in total. The van der Waals surface area contributed by atoms with Crippen molar-refractivity contribution in [2.75, 3.05) is 4.90 Å². The van der Waals surface area contributed by atoms with Crippen molar-refractivity contribution in [3.8, 4) is 5.69 Å². The molecule has 10 heteroatoms. The summed E-state index contributed by atoms with van der Waals surface area (Å²) in [5.41, 5.74) is 2.13. The van der Waals surface area contributed by atoms with Gasteiger partial charge in [-0.2, -0.15) is 0 Å². The van der Waals surface area contributed by atoms with Crippen LogP contribution in [0.25, 0.3) is 11.8 Å². The zero-order valence-corrected chi connectivity index (χ0v) is 19.5. The van der Waals surface area contributed by atoms with Crippen molar-refractivity contribution < 1.29 is 23.9 Å². The van der Waals surface area contributed by atoms with Crippen LogP contribution in [0.1, 0.15) is 27.3 Å². The van der Waals surface area contributed by atoms with E-state index in [0.29, 0.717) is 16.9 Å². The number of nitrogens with zero attached hydrogens (tertiary/aromatic N) is 2. The summed E-state index contributed by atoms with van der Waals surface area (Å²) in [7, 11) is 0. The van der Waals surface area contributed by atoms with Gasteiger partial charge < -0.3 is 9.67 Å². The van der Waals surface area contributed by atoms with Crippen molar-refractivity contribution in [2.45, 2.75) is 13.8 Å². The van der Waals surface area contributed by atoms with E-state index in [-0.39, 0.29) is 27.0 Å². The summed E-state index contributed by atoms with van der Waals surface area (Å²) in [6.45, 7) is 3.56. The first kappa shape index (κ1) is 23.3. The summed E-state index contributed by atoms with van der Waals surface area (Å²) >= 11 is 11.1. The van der Waals surface area contributed by atoms with Gasteiger partial charge in [-0.3, -0.25) is 14.9 Å². The van der Waals surface area contributed by atoms with Crippen LogP contribution in [0.15, 0.2) is 54.1 Å². The Morgan fingerprint density at radius 1 is 1.15 bits per heavy atom. The van der Waals surface area contributed by atoms with Crippen LogP contribution < -0.4 is 10.2 Å². The Morgan fingerprint density at radius 3 is 2.53 bits per heavy atom. The topological polar surface area (TPSA) is 91.6 Å². The molecule has 172 valence electrons. The number of rotatable bonds is 4. The first-order valence-corrected chi connectivity index (χ1v) is 10.8. The number of anilines is 1. The van der Waals surface area contributed by atoms with Gasteiger partial charge in [0.15, 0.2) is 5.11 Å². The van der Waals surface area contributed by atoms with E-state index in [0.717, 1.165) is 10.6 Å². The minimum Gasteiger partial charge on any atom is -0.478 e. The number of carboxylic acids is 1. The Hall–Kier alpha value is -3.82. The molecule has 1 aliphatic rings. The average Bonchev–Trinajstić information content (AvgIpc) is 3.05. The molecule has 0 unspecified atom stereocenters. The molecule has 1 aromatic heterocycles. The third-order valence-corrected chi connectivity index (χ3v) is 6.02. The number of aromatic carboxylic acids is 1. The Balaban J connectivity index is 1.79. The summed E-state index contributed by atoms with van der Waals surface area (Å²) < 4.78 is 16.1. The van der Waals surface area contributed by atoms with Crippen LogP contribution in [0, 0.1) is 19.7 Å². The maximum atomic E-state index is 14.4.